The number of amides is 7. The zero-order valence-corrected chi connectivity index (χ0v) is 63.1. The molecule has 12 rings (SSSR count). The summed E-state index contributed by atoms with van der Waals surface area (Å²) in [5, 5.41) is 38.6. The number of nitrogens with one attached hydrogen (secondary N) is 6. The monoisotopic (exact) mass is 1480 g/mol. The molecule has 13 atom stereocenters. The molecule has 31 nitrogen and oxygen atoms in total. The highest BCUT2D eigenvalue weighted by molar-refractivity contribution is 7.44. The number of hydrogen-bond acceptors (Lipinski definition) is 20. The Labute approximate surface area is 616 Å². The average molecular weight is 1480 g/mol. The number of benzene rings is 3. The molecular formula is C74H97N16O15P. The Kier molecular flexibility index (Phi) is 24.9. The van der Waals surface area contributed by atoms with Gasteiger partial charge in [0.2, 0.25) is 6.54 Å². The van der Waals surface area contributed by atoms with Crippen molar-refractivity contribution in [2.45, 2.75) is 212 Å². The lowest BCUT2D eigenvalue weighted by atomic mass is 9.96. The van der Waals surface area contributed by atoms with Gasteiger partial charge in [0, 0.05) is 82.7 Å². The first-order valence-electron chi connectivity index (χ1n) is 35.8. The molecule has 0 radical (unpaired) electrons. The first-order valence-corrected chi connectivity index (χ1v) is 36.9. The maximum atomic E-state index is 13.6. The molecule has 6 aromatic rings. The standard InChI is InChI=1S/C32H46N7O6P.C23H29N5O5.C19H22N4O4/c1-10-32-19-38(30(41)34-20(2)3)25(26(32)45-46(43-17-16-33-9)39(21(4)5)22(6)7)29(44-32)37-18-23(8)27(36-31(37)42)35-28(40)24-14-12-11-13-15-24;1-5-23-12-28(21(31)24-13(2)3)16(17(23)29)20(33-23)27-11-14(4)18(26-22(27)32)25-19(30)15-9-7-6-8-10-15;1-3-19-10-20-13(14(19)24)17(27-19)23-9-11(2)15(22-18(23)26)21-16(25)12-7-5-4-6-8-12/h11-15,18,20-22,25-26,29H,10,16-17,19H2,1-8H3,(H,34,41)(H,35,36,40,42);6-11,13,16-17,20,29H,5,12H2,1-4H3,(H,24,31)(H,25,26,30,32);4-9,13-14,17,20,24H,3,10H2,1-2H3,(H,21,22,25,26)/t25-,26+,29-,32+,46?;16-,17+,20-,23+;13-,14+,17-,19+/m111/s1. The molecule has 6 bridgehead atoms. The molecule has 3 aromatic carbocycles. The fraction of sp³-hybridized carbons (Fsp3) is 0.514. The number of rotatable bonds is 22. The minimum Gasteiger partial charge on any atom is -0.388 e. The Morgan fingerprint density at radius 1 is 0.585 bits per heavy atom. The van der Waals surface area contributed by atoms with E-state index in [4.69, 9.17) is 29.8 Å². The highest BCUT2D eigenvalue weighted by atomic mass is 31.2. The topological polar surface area (TPSA) is 363 Å². The summed E-state index contributed by atoms with van der Waals surface area (Å²) in [4.78, 5) is 122. The Bertz CT molecular complexity index is 4380. The number of carbonyl (C=O) groups is 5. The van der Waals surface area contributed by atoms with Gasteiger partial charge in [0.1, 0.15) is 71.3 Å². The van der Waals surface area contributed by atoms with Crippen LogP contribution in [0, 0.1) is 27.3 Å². The van der Waals surface area contributed by atoms with Crippen molar-refractivity contribution < 1.29 is 57.4 Å². The highest BCUT2D eigenvalue weighted by Crippen LogP contribution is 2.57. The summed E-state index contributed by atoms with van der Waals surface area (Å²) >= 11 is 0. The summed E-state index contributed by atoms with van der Waals surface area (Å²) in [7, 11) is -1.67. The Morgan fingerprint density at radius 3 is 1.34 bits per heavy atom. The van der Waals surface area contributed by atoms with E-state index >= 15 is 0 Å². The average Bonchev–Trinajstić information content (AvgIpc) is 1.56. The predicted molar refractivity (Wildman–Crippen MR) is 396 cm³/mol. The van der Waals surface area contributed by atoms with Gasteiger partial charge in [-0.2, -0.15) is 15.0 Å². The highest BCUT2D eigenvalue weighted by Gasteiger charge is 2.68. The Hall–Kier alpha value is -9.19. The van der Waals surface area contributed by atoms with Crippen molar-refractivity contribution >= 4 is 55.8 Å². The van der Waals surface area contributed by atoms with E-state index in [1.54, 1.807) is 117 Å². The molecule has 6 fully saturated rings. The first kappa shape index (κ1) is 79.4. The zero-order valence-electron chi connectivity index (χ0n) is 62.2. The number of hydrogen-bond donors (Lipinski definition) is 8. The van der Waals surface area contributed by atoms with Crippen molar-refractivity contribution in [3.63, 3.8) is 0 Å². The van der Waals surface area contributed by atoms with Gasteiger partial charge in [-0.25, -0.2) is 35.2 Å². The van der Waals surface area contributed by atoms with Crippen LogP contribution in [0.1, 0.15) is 162 Å². The van der Waals surface area contributed by atoms with E-state index in [0.29, 0.717) is 59.2 Å². The summed E-state index contributed by atoms with van der Waals surface area (Å²) in [6.45, 7) is 35.4. The van der Waals surface area contributed by atoms with Crippen LogP contribution in [0.4, 0.5) is 27.0 Å². The van der Waals surface area contributed by atoms with Crippen LogP contribution in [0.5, 0.6) is 0 Å². The summed E-state index contributed by atoms with van der Waals surface area (Å²) < 4.78 is 38.2. The summed E-state index contributed by atoms with van der Waals surface area (Å²) in [6.07, 6.45) is 1.63. The number of aromatic nitrogens is 6. The van der Waals surface area contributed by atoms with Crippen molar-refractivity contribution in [1.29, 1.82) is 0 Å². The van der Waals surface area contributed by atoms with Crippen LogP contribution < -0.4 is 49.0 Å². The van der Waals surface area contributed by atoms with E-state index in [-0.39, 0.29) is 104 Å². The fourth-order valence-electron chi connectivity index (χ4n) is 14.3. The van der Waals surface area contributed by atoms with Gasteiger partial charge in [0.05, 0.1) is 19.1 Å². The molecule has 106 heavy (non-hydrogen) atoms. The number of urea groups is 2. The number of morpholine rings is 3. The number of likely N-dealkylation sites (tertiary alicyclic amines) is 2. The SMILES string of the molecule is CC[C@@]12CN(C(=O)NC(C)C)[C@@H]([C@H](n3cc(C)c(NC(=O)c4ccccc4)nc3=O)O1)[C@@H]2O.CC[C@@]12CN[C@@H]([C@H](n3cc(C)c(NC(=O)c4ccccc4)nc3=O)O1)[C@@H]2O.[C-]#[N+]CCOP(O[C@H]1[C@@H]2[C@H](n3cc(C)c(NC(=O)c4ccccc4)nc3=O)O[C@@]1(CC)CN2C(=O)NC(C)C)N(C(C)C)C(C)C. The summed E-state index contributed by atoms with van der Waals surface area (Å²) in [5.41, 5.74) is -1.32. The van der Waals surface area contributed by atoms with Gasteiger partial charge in [-0.3, -0.25) is 28.1 Å². The third-order valence-corrected chi connectivity index (χ3v) is 21.9. The van der Waals surface area contributed by atoms with Crippen molar-refractivity contribution in [2.24, 2.45) is 0 Å². The van der Waals surface area contributed by atoms with Gasteiger partial charge in [0.25, 0.3) is 26.2 Å². The van der Waals surface area contributed by atoms with Crippen molar-refractivity contribution in [2.75, 3.05) is 48.7 Å². The Balaban J connectivity index is 0.000000177. The van der Waals surface area contributed by atoms with E-state index in [9.17, 15) is 48.6 Å². The second kappa shape index (κ2) is 33.3. The smallest absolute Gasteiger partial charge is 0.351 e. The molecule has 9 heterocycles. The molecule has 8 N–H and O–H groups in total. The minimum absolute atomic E-state index is 0.0702. The number of nitrogens with zero attached hydrogens (tertiary/aromatic N) is 10. The number of carbonyl (C=O) groups excluding carboxylic acids is 5. The number of anilines is 3. The van der Waals surface area contributed by atoms with Crippen LogP contribution in [0.25, 0.3) is 4.85 Å². The van der Waals surface area contributed by atoms with Gasteiger partial charge >= 0.3 is 29.1 Å². The van der Waals surface area contributed by atoms with Crippen molar-refractivity contribution in [1.82, 2.24) is 59.1 Å². The second-order valence-electron chi connectivity index (χ2n) is 28.4. The van der Waals surface area contributed by atoms with Crippen LogP contribution in [-0.2, 0) is 23.3 Å². The van der Waals surface area contributed by atoms with Crippen LogP contribution in [0.15, 0.2) is 124 Å². The molecule has 3 aromatic heterocycles. The first-order chi connectivity index (χ1) is 50.4. The van der Waals surface area contributed by atoms with Crippen molar-refractivity contribution in [3.05, 3.63) is 186 Å². The van der Waals surface area contributed by atoms with Crippen LogP contribution in [0.2, 0.25) is 0 Å². The van der Waals surface area contributed by atoms with Gasteiger partial charge in [-0.15, -0.1) is 0 Å². The molecule has 0 aliphatic carbocycles. The zero-order chi connectivity index (χ0) is 76.9. The van der Waals surface area contributed by atoms with E-state index in [0.717, 1.165) is 0 Å². The number of aliphatic hydroxyl groups is 2. The van der Waals surface area contributed by atoms with E-state index in [1.165, 1.54) is 24.8 Å². The molecule has 0 saturated carbocycles. The molecule has 1 unspecified atom stereocenters. The molecule has 568 valence electrons. The molecule has 6 aliphatic rings. The molecule has 6 saturated heterocycles. The largest absolute Gasteiger partial charge is 0.388 e. The van der Waals surface area contributed by atoms with Crippen LogP contribution in [0.3, 0.4) is 0 Å². The lowest BCUT2D eigenvalue weighted by Gasteiger charge is -2.38. The van der Waals surface area contributed by atoms with E-state index < -0.39 is 91.5 Å². The minimum atomic E-state index is -1.67. The lowest BCUT2D eigenvalue weighted by Crippen LogP contribution is -2.53. The quantitative estimate of drug-likeness (QED) is 0.0186. The Morgan fingerprint density at radius 2 is 0.962 bits per heavy atom. The third kappa shape index (κ3) is 16.4. The molecule has 0 spiro atoms. The lowest BCUT2D eigenvalue weighted by molar-refractivity contribution is -0.131. The van der Waals surface area contributed by atoms with Gasteiger partial charge in [0.15, 0.2) is 18.7 Å². The molecular weight excluding hydrogens is 1380 g/mol. The third-order valence-electron chi connectivity index (χ3n) is 19.8. The fourth-order valence-corrected chi connectivity index (χ4v) is 16.1. The normalized spacial score (nSPS) is 25.5. The maximum Gasteiger partial charge on any atom is 0.351 e. The number of aryl methyl sites for hydroxylation is 3. The molecule has 6 aliphatic heterocycles. The second-order valence-corrected chi connectivity index (χ2v) is 29.8. The number of aliphatic hydroxyl groups excluding tert-OH is 2. The van der Waals surface area contributed by atoms with Gasteiger partial charge in [-0.05, 0) is 132 Å². The van der Waals surface area contributed by atoms with Gasteiger partial charge in [-0.1, -0.05) is 75.4 Å². The molecule has 7 amide bonds. The van der Waals surface area contributed by atoms with Crippen molar-refractivity contribution in [3.8, 4) is 0 Å². The van der Waals surface area contributed by atoms with Gasteiger partial charge < -0.3 is 80.0 Å². The molecule has 32 heteroatoms. The summed E-state index contributed by atoms with van der Waals surface area (Å²) in [6, 6.07) is 23.6. The van der Waals surface area contributed by atoms with E-state index in [1.807, 2.05) is 60.6 Å². The predicted octanol–water partition coefficient (Wildman–Crippen LogP) is 7.41. The van der Waals surface area contributed by atoms with E-state index in [2.05, 4.69) is 84.1 Å². The number of fused-ring (bicyclic) bond motifs is 6. The summed E-state index contributed by atoms with van der Waals surface area (Å²) in [5.74, 6) is -0.587. The number of ether oxygens (including phenoxy) is 3. The van der Waals surface area contributed by atoms with Crippen LogP contribution in [-0.4, -0.2) is 193 Å². The van der Waals surface area contributed by atoms with Crippen LogP contribution >= 0.6 is 8.53 Å². The maximum absolute atomic E-state index is 13.6.